The second-order valence-corrected chi connectivity index (χ2v) is 9.21. The highest BCUT2D eigenvalue weighted by Crippen LogP contribution is 2.26. The van der Waals surface area contributed by atoms with Crippen LogP contribution in [0.5, 0.6) is 0 Å². The van der Waals surface area contributed by atoms with Gasteiger partial charge in [-0.1, -0.05) is 32.0 Å². The van der Waals surface area contributed by atoms with Crippen molar-refractivity contribution in [3.63, 3.8) is 0 Å². The molecule has 1 aromatic rings. The lowest BCUT2D eigenvalue weighted by Gasteiger charge is -2.37. The Morgan fingerprint density at radius 3 is 2.59 bits per heavy atom. The van der Waals surface area contributed by atoms with E-state index in [-0.39, 0.29) is 24.0 Å². The predicted molar refractivity (Wildman–Crippen MR) is 135 cm³/mol. The van der Waals surface area contributed by atoms with Crippen LogP contribution in [-0.2, 0) is 4.74 Å². The van der Waals surface area contributed by atoms with Crippen molar-refractivity contribution in [1.82, 2.24) is 15.1 Å². The number of hydrogen-bond donors (Lipinski definition) is 1. The quantitative estimate of drug-likeness (QED) is 0.251. The van der Waals surface area contributed by atoms with Gasteiger partial charge in [-0.2, -0.15) is 0 Å². The fourth-order valence-electron chi connectivity index (χ4n) is 4.12. The Kier molecular flexibility index (Phi) is 11.1. The fraction of sp³-hybridized carbons (Fsp3) is 0.682. The van der Waals surface area contributed by atoms with Gasteiger partial charge >= 0.3 is 0 Å². The average molecular weight is 533 g/mol. The van der Waals surface area contributed by atoms with Crippen molar-refractivity contribution in [2.24, 2.45) is 16.8 Å². The molecule has 2 saturated heterocycles. The van der Waals surface area contributed by atoms with Crippen molar-refractivity contribution in [1.29, 1.82) is 0 Å². The molecule has 0 bridgehead atoms. The first-order valence-corrected chi connectivity index (χ1v) is 11.6. The van der Waals surface area contributed by atoms with Gasteiger partial charge in [0.05, 0.1) is 13.2 Å². The van der Waals surface area contributed by atoms with Crippen molar-refractivity contribution in [3.8, 4) is 0 Å². The molecule has 0 amide bonds. The molecule has 2 unspecified atom stereocenters. The number of ether oxygens (including phenoxy) is 1. The maximum Gasteiger partial charge on any atom is 0.193 e. The standard InChI is InChI=1S/C22H36N4OS.HI/c1-18(2)21(25-11-13-27-14-12-25)15-24-22(23-3)26-10-9-19(16-26)17-28-20-7-5-4-6-8-20;/h4-8,18-19,21H,9-17H2,1-3H3,(H,23,24);1H. The van der Waals surface area contributed by atoms with Crippen molar-refractivity contribution in [2.75, 3.05) is 58.7 Å². The molecule has 0 saturated carbocycles. The number of guanidine groups is 1. The number of thioether (sulfide) groups is 1. The highest BCUT2D eigenvalue weighted by Gasteiger charge is 2.27. The molecule has 2 aliphatic rings. The maximum absolute atomic E-state index is 5.53. The molecule has 2 fully saturated rings. The number of nitrogens with one attached hydrogen (secondary N) is 1. The van der Waals surface area contributed by atoms with E-state index < -0.39 is 0 Å². The summed E-state index contributed by atoms with van der Waals surface area (Å²) >= 11 is 1.97. The molecule has 29 heavy (non-hydrogen) atoms. The summed E-state index contributed by atoms with van der Waals surface area (Å²) in [4.78, 5) is 11.0. The minimum absolute atomic E-state index is 0. The van der Waals surface area contributed by atoms with Crippen LogP contribution in [-0.4, -0.2) is 80.5 Å². The van der Waals surface area contributed by atoms with E-state index in [4.69, 9.17) is 4.74 Å². The lowest BCUT2D eigenvalue weighted by molar-refractivity contribution is 0.00742. The Morgan fingerprint density at radius 2 is 1.93 bits per heavy atom. The monoisotopic (exact) mass is 532 g/mol. The average Bonchev–Trinajstić information content (AvgIpc) is 3.20. The Balaban J connectivity index is 0.00000300. The second kappa shape index (κ2) is 13.0. The van der Waals surface area contributed by atoms with E-state index in [1.165, 1.54) is 17.1 Å². The van der Waals surface area contributed by atoms with Crippen molar-refractivity contribution in [2.45, 2.75) is 31.2 Å². The third-order valence-electron chi connectivity index (χ3n) is 5.78. The van der Waals surface area contributed by atoms with Crippen molar-refractivity contribution >= 4 is 41.7 Å². The van der Waals surface area contributed by atoms with Crippen LogP contribution in [0.4, 0.5) is 0 Å². The summed E-state index contributed by atoms with van der Waals surface area (Å²) in [5.74, 6) is 3.58. The van der Waals surface area contributed by atoms with E-state index in [0.717, 1.165) is 57.8 Å². The zero-order chi connectivity index (χ0) is 19.8. The van der Waals surface area contributed by atoms with Crippen LogP contribution in [0.1, 0.15) is 20.3 Å². The van der Waals surface area contributed by atoms with Gasteiger partial charge < -0.3 is 15.0 Å². The zero-order valence-electron chi connectivity index (χ0n) is 18.0. The molecule has 0 aromatic heterocycles. The molecule has 0 spiro atoms. The van der Waals surface area contributed by atoms with Gasteiger partial charge in [0.1, 0.15) is 0 Å². The largest absolute Gasteiger partial charge is 0.379 e. The molecular formula is C22H37IN4OS. The predicted octanol–water partition coefficient (Wildman–Crippen LogP) is 3.65. The highest BCUT2D eigenvalue weighted by atomic mass is 127. The topological polar surface area (TPSA) is 40.1 Å². The van der Waals surface area contributed by atoms with Gasteiger partial charge in [-0.3, -0.25) is 9.89 Å². The van der Waals surface area contributed by atoms with Crippen molar-refractivity contribution in [3.05, 3.63) is 30.3 Å². The third kappa shape index (κ3) is 7.60. The number of rotatable bonds is 7. The lowest BCUT2D eigenvalue weighted by Crippen LogP contribution is -2.53. The van der Waals surface area contributed by atoms with Gasteiger partial charge in [0.15, 0.2) is 5.96 Å². The Hall–Kier alpha value is -0.510. The first-order chi connectivity index (χ1) is 13.7. The summed E-state index contributed by atoms with van der Waals surface area (Å²) in [5, 5.41) is 3.67. The first-order valence-electron chi connectivity index (χ1n) is 10.6. The molecular weight excluding hydrogens is 495 g/mol. The molecule has 1 aromatic carbocycles. The summed E-state index contributed by atoms with van der Waals surface area (Å²) in [5.41, 5.74) is 0. The van der Waals surface area contributed by atoms with Crippen LogP contribution in [0.3, 0.4) is 0 Å². The van der Waals surface area contributed by atoms with Crippen LogP contribution in [0, 0.1) is 11.8 Å². The maximum atomic E-state index is 5.53. The van der Waals surface area contributed by atoms with Gasteiger partial charge in [-0.15, -0.1) is 35.7 Å². The Morgan fingerprint density at radius 1 is 1.21 bits per heavy atom. The van der Waals surface area contributed by atoms with E-state index in [2.05, 4.69) is 64.3 Å². The summed E-state index contributed by atoms with van der Waals surface area (Å²) in [6, 6.07) is 11.2. The van der Waals surface area contributed by atoms with E-state index in [1.807, 2.05) is 18.8 Å². The molecule has 2 atom stereocenters. The van der Waals surface area contributed by atoms with Crippen LogP contribution in [0.2, 0.25) is 0 Å². The SMILES string of the molecule is CN=C(NCC(C(C)C)N1CCOCC1)N1CCC(CSc2ccccc2)C1.I. The van der Waals surface area contributed by atoms with Crippen LogP contribution < -0.4 is 5.32 Å². The molecule has 0 radical (unpaired) electrons. The number of halogens is 1. The fourth-order valence-corrected chi connectivity index (χ4v) is 5.17. The molecule has 3 rings (SSSR count). The number of nitrogens with zero attached hydrogens (tertiary/aromatic N) is 3. The minimum Gasteiger partial charge on any atom is -0.379 e. The van der Waals surface area contributed by atoms with Gasteiger partial charge in [-0.05, 0) is 30.4 Å². The number of likely N-dealkylation sites (tertiary alicyclic amines) is 1. The van der Waals surface area contributed by atoms with Gasteiger partial charge in [0.2, 0.25) is 0 Å². The third-order valence-corrected chi connectivity index (χ3v) is 7.02. The summed E-state index contributed by atoms with van der Waals surface area (Å²) in [7, 11) is 1.91. The second-order valence-electron chi connectivity index (χ2n) is 8.11. The molecule has 164 valence electrons. The van der Waals surface area contributed by atoms with Gasteiger partial charge in [0.25, 0.3) is 0 Å². The lowest BCUT2D eigenvalue weighted by atomic mass is 10.0. The van der Waals surface area contributed by atoms with E-state index in [9.17, 15) is 0 Å². The summed E-state index contributed by atoms with van der Waals surface area (Å²) in [6.45, 7) is 11.6. The van der Waals surface area contributed by atoms with E-state index >= 15 is 0 Å². The van der Waals surface area contributed by atoms with Crippen molar-refractivity contribution < 1.29 is 4.74 Å². The molecule has 2 aliphatic heterocycles. The normalized spacial score (nSPS) is 21.9. The van der Waals surface area contributed by atoms with Crippen LogP contribution in [0.25, 0.3) is 0 Å². The van der Waals surface area contributed by atoms with E-state index in [0.29, 0.717) is 12.0 Å². The summed E-state index contributed by atoms with van der Waals surface area (Å²) < 4.78 is 5.53. The van der Waals surface area contributed by atoms with Crippen LogP contribution in [0.15, 0.2) is 40.2 Å². The molecule has 1 N–H and O–H groups in total. The smallest absolute Gasteiger partial charge is 0.193 e. The Bertz CT molecular complexity index is 610. The molecule has 5 nitrogen and oxygen atoms in total. The zero-order valence-corrected chi connectivity index (χ0v) is 21.2. The number of hydrogen-bond acceptors (Lipinski definition) is 4. The number of morpholine rings is 1. The summed E-state index contributed by atoms with van der Waals surface area (Å²) in [6.07, 6.45) is 1.25. The minimum atomic E-state index is 0. The molecule has 7 heteroatoms. The molecule has 0 aliphatic carbocycles. The number of benzene rings is 1. The molecule has 2 heterocycles. The van der Waals surface area contributed by atoms with Gasteiger partial charge in [0, 0.05) is 56.5 Å². The Labute approximate surface area is 198 Å². The van der Waals surface area contributed by atoms with Gasteiger partial charge in [-0.25, -0.2) is 0 Å². The first kappa shape index (κ1) is 24.8. The number of aliphatic imine (C=N–C) groups is 1. The van der Waals surface area contributed by atoms with E-state index in [1.54, 1.807) is 0 Å². The van der Waals surface area contributed by atoms with Crippen LogP contribution >= 0.6 is 35.7 Å². The highest BCUT2D eigenvalue weighted by molar-refractivity contribution is 14.0.